The third-order valence-corrected chi connectivity index (χ3v) is 4.68. The van der Waals surface area contributed by atoms with E-state index in [9.17, 15) is 9.59 Å². The minimum absolute atomic E-state index is 0.0462. The van der Waals surface area contributed by atoms with Gasteiger partial charge in [-0.05, 0) is 17.0 Å². The van der Waals surface area contributed by atoms with Gasteiger partial charge in [0, 0.05) is 30.5 Å². The minimum Gasteiger partial charge on any atom is -0.370 e. The summed E-state index contributed by atoms with van der Waals surface area (Å²) in [5, 5.41) is 6.44. The molecule has 1 aromatic heterocycles. The number of hydrogen-bond donors (Lipinski definition) is 1. The van der Waals surface area contributed by atoms with Crippen LogP contribution in [0.4, 0.5) is 0 Å². The van der Waals surface area contributed by atoms with Crippen molar-refractivity contribution in [2.75, 3.05) is 26.2 Å². The molecule has 0 unspecified atom stereocenters. The van der Waals surface area contributed by atoms with Gasteiger partial charge in [-0.2, -0.15) is 11.3 Å². The number of nitrogens with one attached hydrogen (secondary N) is 1. The van der Waals surface area contributed by atoms with Gasteiger partial charge in [-0.3, -0.25) is 9.59 Å². The smallest absolute Gasteiger partial charge is 0.252 e. The second-order valence-corrected chi connectivity index (χ2v) is 6.41. The van der Waals surface area contributed by atoms with Crippen LogP contribution in [-0.2, 0) is 9.53 Å². The van der Waals surface area contributed by atoms with Gasteiger partial charge in [0.2, 0.25) is 5.91 Å². The SMILES string of the molecule is O=C(NCCC(=O)N1CCO[C@@H](c2ccccc2)C1)c1ccsc1. The molecular weight excluding hydrogens is 324 g/mol. The molecule has 126 valence electrons. The highest BCUT2D eigenvalue weighted by Crippen LogP contribution is 2.22. The van der Waals surface area contributed by atoms with Crippen LogP contribution in [0.1, 0.15) is 28.4 Å². The topological polar surface area (TPSA) is 58.6 Å². The molecule has 1 fully saturated rings. The van der Waals surface area contributed by atoms with Crippen molar-refractivity contribution in [2.45, 2.75) is 12.5 Å². The molecule has 0 aliphatic carbocycles. The number of thiophene rings is 1. The summed E-state index contributed by atoms with van der Waals surface area (Å²) in [6.07, 6.45) is 0.224. The third kappa shape index (κ3) is 4.21. The maximum atomic E-state index is 12.4. The lowest BCUT2D eigenvalue weighted by Crippen LogP contribution is -2.43. The number of benzene rings is 1. The Bertz CT molecular complexity index is 673. The first-order chi connectivity index (χ1) is 11.7. The number of nitrogens with zero attached hydrogens (tertiary/aromatic N) is 1. The highest BCUT2D eigenvalue weighted by Gasteiger charge is 2.25. The molecule has 1 atom stereocenters. The molecule has 0 spiro atoms. The summed E-state index contributed by atoms with van der Waals surface area (Å²) < 4.78 is 5.77. The van der Waals surface area contributed by atoms with Crippen molar-refractivity contribution in [1.29, 1.82) is 0 Å². The molecule has 1 aromatic carbocycles. The largest absolute Gasteiger partial charge is 0.370 e. The minimum atomic E-state index is -0.131. The molecule has 2 aromatic rings. The van der Waals surface area contributed by atoms with E-state index in [1.54, 1.807) is 11.4 Å². The van der Waals surface area contributed by atoms with Gasteiger partial charge >= 0.3 is 0 Å². The lowest BCUT2D eigenvalue weighted by atomic mass is 10.1. The van der Waals surface area contributed by atoms with E-state index >= 15 is 0 Å². The predicted octanol–water partition coefficient (Wildman–Crippen LogP) is 2.47. The molecule has 3 rings (SSSR count). The van der Waals surface area contributed by atoms with Crippen molar-refractivity contribution >= 4 is 23.2 Å². The number of rotatable bonds is 5. The Morgan fingerprint density at radius 1 is 1.25 bits per heavy atom. The second kappa shape index (κ2) is 8.08. The van der Waals surface area contributed by atoms with Crippen molar-refractivity contribution in [1.82, 2.24) is 10.2 Å². The first-order valence-corrected chi connectivity index (χ1v) is 8.93. The Morgan fingerprint density at radius 2 is 2.08 bits per heavy atom. The van der Waals surface area contributed by atoms with Crippen LogP contribution in [0.25, 0.3) is 0 Å². The first-order valence-electron chi connectivity index (χ1n) is 7.99. The van der Waals surface area contributed by atoms with Crippen molar-refractivity contribution in [3.63, 3.8) is 0 Å². The molecule has 24 heavy (non-hydrogen) atoms. The Balaban J connectivity index is 1.47. The Kier molecular flexibility index (Phi) is 5.61. The zero-order chi connectivity index (χ0) is 16.8. The average molecular weight is 344 g/mol. The van der Waals surface area contributed by atoms with Gasteiger partial charge in [-0.15, -0.1) is 0 Å². The van der Waals surface area contributed by atoms with Crippen LogP contribution in [-0.4, -0.2) is 43.0 Å². The molecule has 0 bridgehead atoms. The van der Waals surface area contributed by atoms with E-state index in [1.165, 1.54) is 11.3 Å². The lowest BCUT2D eigenvalue weighted by molar-refractivity contribution is -0.138. The number of morpholine rings is 1. The number of carbonyl (C=O) groups excluding carboxylic acids is 2. The molecule has 0 saturated carbocycles. The van der Waals surface area contributed by atoms with Crippen molar-refractivity contribution in [3.05, 3.63) is 58.3 Å². The quantitative estimate of drug-likeness (QED) is 0.906. The number of carbonyl (C=O) groups is 2. The fourth-order valence-corrected chi connectivity index (χ4v) is 3.32. The third-order valence-electron chi connectivity index (χ3n) is 4.00. The lowest BCUT2D eigenvalue weighted by Gasteiger charge is -2.33. The highest BCUT2D eigenvalue weighted by molar-refractivity contribution is 7.08. The molecule has 1 aliphatic rings. The molecule has 5 nitrogen and oxygen atoms in total. The summed E-state index contributed by atoms with van der Waals surface area (Å²) in [6.45, 7) is 2.04. The van der Waals surface area contributed by atoms with Gasteiger partial charge in [0.1, 0.15) is 6.10 Å². The van der Waals surface area contributed by atoms with E-state index in [0.29, 0.717) is 38.2 Å². The van der Waals surface area contributed by atoms with Crippen LogP contribution in [0.3, 0.4) is 0 Å². The van der Waals surface area contributed by atoms with Crippen LogP contribution >= 0.6 is 11.3 Å². The monoisotopic (exact) mass is 344 g/mol. The molecule has 1 saturated heterocycles. The Hall–Kier alpha value is -2.18. The van der Waals surface area contributed by atoms with Crippen molar-refractivity contribution in [3.8, 4) is 0 Å². The van der Waals surface area contributed by atoms with Crippen LogP contribution in [0.2, 0.25) is 0 Å². The van der Waals surface area contributed by atoms with Crippen LogP contribution < -0.4 is 5.32 Å². The first kappa shape index (κ1) is 16.7. The Morgan fingerprint density at radius 3 is 2.83 bits per heavy atom. The van der Waals surface area contributed by atoms with Crippen molar-refractivity contribution in [2.24, 2.45) is 0 Å². The molecular formula is C18H20N2O3S. The maximum Gasteiger partial charge on any atom is 0.252 e. The summed E-state index contributed by atoms with van der Waals surface area (Å²) in [4.78, 5) is 26.0. The summed E-state index contributed by atoms with van der Waals surface area (Å²) in [6, 6.07) is 11.7. The number of amides is 2. The van der Waals surface area contributed by atoms with Gasteiger partial charge in [0.05, 0.1) is 13.2 Å². The normalized spacial score (nSPS) is 17.5. The summed E-state index contributed by atoms with van der Waals surface area (Å²) in [7, 11) is 0. The summed E-state index contributed by atoms with van der Waals surface area (Å²) in [5.41, 5.74) is 1.73. The maximum absolute atomic E-state index is 12.4. The highest BCUT2D eigenvalue weighted by atomic mass is 32.1. The van der Waals surface area contributed by atoms with Crippen LogP contribution in [0, 0.1) is 0 Å². The van der Waals surface area contributed by atoms with E-state index in [1.807, 2.05) is 40.6 Å². The van der Waals surface area contributed by atoms with Gasteiger partial charge < -0.3 is 15.0 Å². The second-order valence-electron chi connectivity index (χ2n) is 5.63. The number of ether oxygens (including phenoxy) is 1. The standard InChI is InChI=1S/C18H20N2O3S/c21-17(6-8-19-18(22)15-7-11-24-13-15)20-9-10-23-16(12-20)14-4-2-1-3-5-14/h1-5,7,11,13,16H,6,8-10,12H2,(H,19,22)/t16-/m1/s1. The van der Waals surface area contributed by atoms with E-state index < -0.39 is 0 Å². The fourth-order valence-electron chi connectivity index (χ4n) is 2.68. The van der Waals surface area contributed by atoms with Crippen LogP contribution in [0.5, 0.6) is 0 Å². The average Bonchev–Trinajstić information content (AvgIpc) is 3.17. The van der Waals surface area contributed by atoms with E-state index in [-0.39, 0.29) is 17.9 Å². The predicted molar refractivity (Wildman–Crippen MR) is 93.0 cm³/mol. The summed E-state index contributed by atoms with van der Waals surface area (Å²) in [5.74, 6) is -0.0851. The molecule has 6 heteroatoms. The zero-order valence-electron chi connectivity index (χ0n) is 13.3. The van der Waals surface area contributed by atoms with E-state index in [0.717, 1.165) is 5.56 Å². The number of hydrogen-bond acceptors (Lipinski definition) is 4. The van der Waals surface area contributed by atoms with Crippen molar-refractivity contribution < 1.29 is 14.3 Å². The van der Waals surface area contributed by atoms with Gasteiger partial charge in [-0.25, -0.2) is 0 Å². The van der Waals surface area contributed by atoms with Gasteiger partial charge in [0.15, 0.2) is 0 Å². The fraction of sp³-hybridized carbons (Fsp3) is 0.333. The van der Waals surface area contributed by atoms with E-state index in [4.69, 9.17) is 4.74 Å². The molecule has 0 radical (unpaired) electrons. The molecule has 1 N–H and O–H groups in total. The molecule has 2 heterocycles. The van der Waals surface area contributed by atoms with E-state index in [2.05, 4.69) is 5.32 Å². The summed E-state index contributed by atoms with van der Waals surface area (Å²) >= 11 is 1.48. The molecule has 2 amide bonds. The molecule has 1 aliphatic heterocycles. The Labute approximate surface area is 145 Å². The van der Waals surface area contributed by atoms with Gasteiger partial charge in [-0.1, -0.05) is 30.3 Å². The van der Waals surface area contributed by atoms with Crippen LogP contribution in [0.15, 0.2) is 47.2 Å². The zero-order valence-corrected chi connectivity index (χ0v) is 14.1. The van der Waals surface area contributed by atoms with Gasteiger partial charge in [0.25, 0.3) is 5.91 Å².